The average molecular weight is 606 g/mol. The molecule has 0 aliphatic rings. The molecule has 0 aliphatic heterocycles. The molecule has 0 fully saturated rings. The van der Waals surface area contributed by atoms with Crippen molar-refractivity contribution >= 4 is 5.97 Å². The second kappa shape index (κ2) is 19.3. The fraction of sp³-hybridized carbons (Fsp3) is 0.417. The molecule has 0 aromatic heterocycles. The van der Waals surface area contributed by atoms with Crippen molar-refractivity contribution < 1.29 is 28.1 Å². The largest absolute Gasteiger partial charge is 0.491 e. The molecule has 0 saturated heterocycles. The lowest BCUT2D eigenvalue weighted by Crippen LogP contribution is -2.14. The van der Waals surface area contributed by atoms with Crippen LogP contribution in [0.25, 0.3) is 11.1 Å². The molecule has 0 bridgehead atoms. The van der Waals surface area contributed by atoms with Gasteiger partial charge in [0, 0.05) is 7.11 Å². The van der Waals surface area contributed by atoms with Gasteiger partial charge in [0.1, 0.15) is 43.7 Å². The number of halogens is 1. The number of carbonyl (C=O) groups excluding carboxylic acids is 1. The van der Waals surface area contributed by atoms with Crippen LogP contribution in [-0.2, 0) is 33.5 Å². The zero-order valence-electron chi connectivity index (χ0n) is 25.9. The standard InChI is InChI=1S/C36H44FNO6/c1-4-5-6-7-8-9-34-33(29-14-19-32(20-15-29)43-24-25-44-36(39)27(2)26-38-40)21-16-30(35(34)37)13-10-28-11-17-31(18-12-28)42-23-22-41-3/h11-12,14-21H,2,4-10,13,22-26H2,1,3H3. The van der Waals surface area contributed by atoms with Crippen molar-refractivity contribution in [3.63, 3.8) is 0 Å². The van der Waals surface area contributed by atoms with Crippen LogP contribution in [0.3, 0.4) is 0 Å². The highest BCUT2D eigenvalue weighted by molar-refractivity contribution is 5.88. The summed E-state index contributed by atoms with van der Waals surface area (Å²) in [5, 5.41) is 2.63. The Bertz CT molecular complexity index is 1320. The second-order valence-electron chi connectivity index (χ2n) is 10.6. The SMILES string of the molecule is C=C(CN=O)C(=O)OCCOc1ccc(-c2ccc(CCc3ccc(OCCOC)cc3)c(F)c2CCCCCCC)cc1. The zero-order chi connectivity index (χ0) is 31.6. The molecule has 3 aromatic carbocycles. The fourth-order valence-electron chi connectivity index (χ4n) is 4.83. The summed E-state index contributed by atoms with van der Waals surface area (Å²) in [5.41, 5.74) is 4.41. The number of ether oxygens (including phenoxy) is 4. The maximum Gasteiger partial charge on any atom is 0.335 e. The first-order valence-electron chi connectivity index (χ1n) is 15.3. The summed E-state index contributed by atoms with van der Waals surface area (Å²) in [7, 11) is 1.64. The Morgan fingerprint density at radius 2 is 1.45 bits per heavy atom. The van der Waals surface area contributed by atoms with Crippen molar-refractivity contribution in [2.75, 3.05) is 40.1 Å². The predicted octanol–water partition coefficient (Wildman–Crippen LogP) is 8.06. The van der Waals surface area contributed by atoms with Gasteiger partial charge in [-0.15, -0.1) is 0 Å². The highest BCUT2D eigenvalue weighted by atomic mass is 19.1. The van der Waals surface area contributed by atoms with Gasteiger partial charge in [0.15, 0.2) is 0 Å². The lowest BCUT2D eigenvalue weighted by Gasteiger charge is -2.16. The topological polar surface area (TPSA) is 83.4 Å². The average Bonchev–Trinajstić information content (AvgIpc) is 3.04. The van der Waals surface area contributed by atoms with E-state index in [1.54, 1.807) is 7.11 Å². The summed E-state index contributed by atoms with van der Waals surface area (Å²) in [4.78, 5) is 22.0. The van der Waals surface area contributed by atoms with Crippen molar-refractivity contribution in [1.82, 2.24) is 0 Å². The van der Waals surface area contributed by atoms with E-state index in [1.807, 2.05) is 60.7 Å². The molecular formula is C36H44FNO6. The van der Waals surface area contributed by atoms with E-state index >= 15 is 4.39 Å². The smallest absolute Gasteiger partial charge is 0.335 e. The number of nitroso groups, excluding NO2 is 1. The number of methoxy groups -OCH3 is 1. The van der Waals surface area contributed by atoms with Crippen LogP contribution in [0.2, 0.25) is 0 Å². The third-order valence-electron chi connectivity index (χ3n) is 7.31. The van der Waals surface area contributed by atoms with E-state index in [4.69, 9.17) is 18.9 Å². The van der Waals surface area contributed by atoms with Gasteiger partial charge in [-0.3, -0.25) is 0 Å². The zero-order valence-corrected chi connectivity index (χ0v) is 25.9. The van der Waals surface area contributed by atoms with Crippen LogP contribution in [0.4, 0.5) is 4.39 Å². The molecule has 0 heterocycles. The predicted molar refractivity (Wildman–Crippen MR) is 172 cm³/mol. The summed E-state index contributed by atoms with van der Waals surface area (Å²) in [5.74, 6) is 0.608. The number of unbranched alkanes of at least 4 members (excludes halogenated alkanes) is 4. The van der Waals surface area contributed by atoms with E-state index in [0.717, 1.165) is 59.3 Å². The molecule has 0 atom stereocenters. The number of nitrogens with zero attached hydrogens (tertiary/aromatic N) is 1. The van der Waals surface area contributed by atoms with Gasteiger partial charge in [-0.1, -0.05) is 80.8 Å². The first-order valence-corrected chi connectivity index (χ1v) is 15.3. The number of hydrogen-bond acceptors (Lipinski definition) is 7. The molecule has 0 N–H and O–H groups in total. The van der Waals surface area contributed by atoms with Gasteiger partial charge in [0.2, 0.25) is 0 Å². The van der Waals surface area contributed by atoms with Crippen LogP contribution in [0.15, 0.2) is 78.0 Å². The van der Waals surface area contributed by atoms with Crippen LogP contribution >= 0.6 is 0 Å². The van der Waals surface area contributed by atoms with Crippen molar-refractivity contribution in [2.24, 2.45) is 5.18 Å². The Labute approximate surface area is 260 Å². The first kappa shape index (κ1) is 34.5. The molecule has 0 unspecified atom stereocenters. The lowest BCUT2D eigenvalue weighted by molar-refractivity contribution is -0.139. The summed E-state index contributed by atoms with van der Waals surface area (Å²) >= 11 is 0. The van der Waals surface area contributed by atoms with Gasteiger partial charge in [0.05, 0.1) is 12.2 Å². The molecule has 8 heteroatoms. The molecule has 236 valence electrons. The molecule has 44 heavy (non-hydrogen) atoms. The molecule has 0 aliphatic carbocycles. The van der Waals surface area contributed by atoms with E-state index in [2.05, 4.69) is 18.7 Å². The van der Waals surface area contributed by atoms with Crippen molar-refractivity contribution in [3.8, 4) is 22.6 Å². The van der Waals surface area contributed by atoms with Gasteiger partial charge < -0.3 is 18.9 Å². The monoisotopic (exact) mass is 605 g/mol. The van der Waals surface area contributed by atoms with Crippen molar-refractivity contribution in [1.29, 1.82) is 0 Å². The summed E-state index contributed by atoms with van der Waals surface area (Å²) < 4.78 is 37.5. The van der Waals surface area contributed by atoms with E-state index in [-0.39, 0.29) is 31.1 Å². The minimum atomic E-state index is -0.669. The van der Waals surface area contributed by atoms with Crippen LogP contribution in [0, 0.1) is 10.7 Å². The van der Waals surface area contributed by atoms with E-state index < -0.39 is 5.97 Å². The summed E-state index contributed by atoms with van der Waals surface area (Å²) in [6, 6.07) is 19.4. The minimum Gasteiger partial charge on any atom is -0.491 e. The van der Waals surface area contributed by atoms with Crippen LogP contribution in [0.1, 0.15) is 55.7 Å². The van der Waals surface area contributed by atoms with Gasteiger partial charge in [-0.2, -0.15) is 4.91 Å². The molecule has 0 spiro atoms. The van der Waals surface area contributed by atoms with Crippen molar-refractivity contribution in [3.05, 3.63) is 100 Å². The third kappa shape index (κ3) is 11.2. The van der Waals surface area contributed by atoms with E-state index in [9.17, 15) is 9.70 Å². The Kier molecular flexibility index (Phi) is 15.1. The number of hydrogen-bond donors (Lipinski definition) is 0. The maximum atomic E-state index is 16.1. The Morgan fingerprint density at radius 1 is 0.795 bits per heavy atom. The molecule has 3 aromatic rings. The van der Waals surface area contributed by atoms with Crippen LogP contribution in [-0.4, -0.2) is 46.1 Å². The lowest BCUT2D eigenvalue weighted by atomic mass is 9.91. The number of benzene rings is 3. The third-order valence-corrected chi connectivity index (χ3v) is 7.31. The Morgan fingerprint density at radius 3 is 2.11 bits per heavy atom. The first-order chi connectivity index (χ1) is 21.5. The Balaban J connectivity index is 1.66. The van der Waals surface area contributed by atoms with Crippen molar-refractivity contribution in [2.45, 2.75) is 58.3 Å². The van der Waals surface area contributed by atoms with E-state index in [0.29, 0.717) is 31.8 Å². The molecule has 3 rings (SSSR count). The Hall–Kier alpha value is -4.04. The number of rotatable bonds is 21. The van der Waals surface area contributed by atoms with Gasteiger partial charge in [0.25, 0.3) is 0 Å². The highest BCUT2D eigenvalue weighted by Gasteiger charge is 2.15. The molecule has 7 nitrogen and oxygen atoms in total. The molecule has 0 radical (unpaired) electrons. The normalized spacial score (nSPS) is 10.8. The molecule has 0 amide bonds. The summed E-state index contributed by atoms with van der Waals surface area (Å²) in [6.07, 6.45) is 7.54. The fourth-order valence-corrected chi connectivity index (χ4v) is 4.83. The summed E-state index contributed by atoms with van der Waals surface area (Å²) in [6.45, 7) is 6.54. The quantitative estimate of drug-likeness (QED) is 0.0529. The second-order valence-corrected chi connectivity index (χ2v) is 10.6. The van der Waals surface area contributed by atoms with Crippen LogP contribution in [0.5, 0.6) is 11.5 Å². The van der Waals surface area contributed by atoms with Gasteiger partial charge >= 0.3 is 5.97 Å². The number of aryl methyl sites for hydroxylation is 2. The number of esters is 1. The maximum absolute atomic E-state index is 16.1. The molecule has 0 saturated carbocycles. The molecular weight excluding hydrogens is 561 g/mol. The minimum absolute atomic E-state index is 0.00180. The van der Waals surface area contributed by atoms with Gasteiger partial charge in [-0.05, 0) is 77.8 Å². The van der Waals surface area contributed by atoms with Crippen LogP contribution < -0.4 is 9.47 Å². The van der Waals surface area contributed by atoms with Gasteiger partial charge in [-0.25, -0.2) is 9.18 Å². The number of carbonyl (C=O) groups is 1. The van der Waals surface area contributed by atoms with E-state index in [1.165, 1.54) is 12.8 Å². The highest BCUT2D eigenvalue weighted by Crippen LogP contribution is 2.31.